The lowest BCUT2D eigenvalue weighted by atomic mass is 10.1. The van der Waals surface area contributed by atoms with Crippen LogP contribution in [-0.4, -0.2) is 29.5 Å². The molecule has 0 saturated carbocycles. The molecular formula is C20H15FN4O5. The van der Waals surface area contributed by atoms with E-state index in [0.717, 1.165) is 0 Å². The van der Waals surface area contributed by atoms with Crippen LogP contribution in [0.3, 0.4) is 0 Å². The van der Waals surface area contributed by atoms with Crippen LogP contribution in [0.15, 0.2) is 35.5 Å². The van der Waals surface area contributed by atoms with Gasteiger partial charge in [-0.05, 0) is 30.3 Å². The molecule has 9 nitrogen and oxygen atoms in total. The Bertz CT molecular complexity index is 1120. The van der Waals surface area contributed by atoms with Crippen molar-refractivity contribution in [2.24, 2.45) is 5.16 Å². The number of oxime groups is 1. The van der Waals surface area contributed by atoms with Gasteiger partial charge in [-0.2, -0.15) is 5.26 Å². The number of nitriles is 1. The number of nitrogens with zero attached hydrogens (tertiary/aromatic N) is 3. The fourth-order valence-electron chi connectivity index (χ4n) is 3.46. The van der Waals surface area contributed by atoms with Gasteiger partial charge in [0, 0.05) is 22.4 Å². The lowest BCUT2D eigenvalue weighted by Crippen LogP contribution is -2.30. The highest BCUT2D eigenvalue weighted by molar-refractivity contribution is 6.54. The maximum Gasteiger partial charge on any atom is 0.281 e. The van der Waals surface area contributed by atoms with Crippen LogP contribution in [0.4, 0.5) is 15.8 Å². The van der Waals surface area contributed by atoms with E-state index in [1.165, 1.54) is 35.2 Å². The Hall–Kier alpha value is -3.97. The Morgan fingerprint density at radius 1 is 1.37 bits per heavy atom. The van der Waals surface area contributed by atoms with Gasteiger partial charge >= 0.3 is 0 Å². The first-order valence-corrected chi connectivity index (χ1v) is 8.88. The van der Waals surface area contributed by atoms with Crippen molar-refractivity contribution in [3.8, 4) is 11.8 Å². The molecule has 2 aromatic rings. The number of hydrogen-bond acceptors (Lipinski definition) is 7. The molecule has 0 fully saturated rings. The molecule has 2 heterocycles. The summed E-state index contributed by atoms with van der Waals surface area (Å²) in [7, 11) is 0. The molecular weight excluding hydrogens is 395 g/mol. The number of halogens is 1. The lowest BCUT2D eigenvalue weighted by Gasteiger charge is -2.24. The quantitative estimate of drug-likeness (QED) is 0.589. The van der Waals surface area contributed by atoms with Crippen LogP contribution in [0.1, 0.15) is 23.1 Å². The smallest absolute Gasteiger partial charge is 0.281 e. The van der Waals surface area contributed by atoms with Gasteiger partial charge in [0.15, 0.2) is 12.5 Å². The van der Waals surface area contributed by atoms with Crippen LogP contribution >= 0.6 is 0 Å². The Kier molecular flexibility index (Phi) is 5.04. The highest BCUT2D eigenvalue weighted by Gasteiger charge is 2.36. The molecule has 0 aromatic heterocycles. The minimum absolute atomic E-state index is 0.00852. The monoisotopic (exact) mass is 410 g/mol. The van der Waals surface area contributed by atoms with Crippen molar-refractivity contribution in [2.75, 3.05) is 17.0 Å². The summed E-state index contributed by atoms with van der Waals surface area (Å²) in [6, 6.07) is 8.90. The first kappa shape index (κ1) is 19.4. The predicted octanol–water partition coefficient (Wildman–Crippen LogP) is 2.27. The number of benzene rings is 2. The highest BCUT2D eigenvalue weighted by Crippen LogP contribution is 2.36. The molecule has 0 spiro atoms. The van der Waals surface area contributed by atoms with E-state index in [2.05, 4.69) is 10.5 Å². The molecule has 0 unspecified atom stereocenters. The molecule has 0 bridgehead atoms. The van der Waals surface area contributed by atoms with Crippen LogP contribution in [0.2, 0.25) is 0 Å². The van der Waals surface area contributed by atoms with E-state index in [9.17, 15) is 19.2 Å². The second kappa shape index (κ2) is 7.81. The van der Waals surface area contributed by atoms with Crippen molar-refractivity contribution in [2.45, 2.75) is 19.6 Å². The Morgan fingerprint density at radius 2 is 2.20 bits per heavy atom. The number of fused-ring (bicyclic) bond motifs is 2. The van der Waals surface area contributed by atoms with Crippen molar-refractivity contribution in [3.63, 3.8) is 0 Å². The molecule has 0 radical (unpaired) electrons. The first-order valence-electron chi connectivity index (χ1n) is 8.88. The van der Waals surface area contributed by atoms with E-state index in [1.54, 1.807) is 6.07 Å². The average Bonchev–Trinajstić information content (AvgIpc) is 2.98. The number of anilines is 2. The largest absolute Gasteiger partial charge is 0.467 e. The molecule has 2 N–H and O–H groups in total. The van der Waals surface area contributed by atoms with Gasteiger partial charge in [-0.15, -0.1) is 0 Å². The van der Waals surface area contributed by atoms with Gasteiger partial charge in [-0.25, -0.2) is 4.39 Å². The molecule has 10 heteroatoms. The van der Waals surface area contributed by atoms with Crippen molar-refractivity contribution in [1.82, 2.24) is 0 Å². The second-order valence-corrected chi connectivity index (χ2v) is 6.62. The Balaban J connectivity index is 1.72. The van der Waals surface area contributed by atoms with Gasteiger partial charge in [0.2, 0.25) is 5.91 Å². The standard InChI is InChI=1S/C20H15FN4O5/c21-13-5-11(19-12(6-13)9-29-10-30-19)8-25-16-7-14(23-17(26)3-4-22)1-2-15(16)18(24-28)20(25)27/h1-2,5-7,28H,3,8-10H2,(H,23,26)/b24-18-. The molecule has 2 amide bonds. The molecule has 2 aliphatic heterocycles. The first-order chi connectivity index (χ1) is 14.5. The van der Waals surface area contributed by atoms with Gasteiger partial charge in [0.1, 0.15) is 18.0 Å². The zero-order valence-corrected chi connectivity index (χ0v) is 15.5. The fraction of sp³-hybridized carbons (Fsp3) is 0.200. The van der Waals surface area contributed by atoms with E-state index in [-0.39, 0.29) is 32.1 Å². The van der Waals surface area contributed by atoms with Gasteiger partial charge in [-0.3, -0.25) is 9.59 Å². The SMILES string of the molecule is N#CCC(=O)Nc1ccc2c(c1)N(Cc1cc(F)cc3c1OCOC3)C(=O)/C2=N\O. The van der Waals surface area contributed by atoms with Gasteiger partial charge in [0.25, 0.3) is 5.91 Å². The van der Waals surface area contributed by atoms with E-state index in [0.29, 0.717) is 33.8 Å². The topological polar surface area (TPSA) is 124 Å². The Morgan fingerprint density at radius 3 is 2.97 bits per heavy atom. The highest BCUT2D eigenvalue weighted by atomic mass is 19.1. The van der Waals surface area contributed by atoms with E-state index in [1.807, 2.05) is 0 Å². The molecule has 2 aliphatic rings. The summed E-state index contributed by atoms with van der Waals surface area (Å²) in [6.45, 7) is 0.137. The lowest BCUT2D eigenvalue weighted by molar-refractivity contribution is -0.115. The number of carbonyl (C=O) groups excluding carboxylic acids is 2. The molecule has 30 heavy (non-hydrogen) atoms. The summed E-state index contributed by atoms with van der Waals surface area (Å²) in [5.41, 5.74) is 1.86. The molecule has 2 aromatic carbocycles. The molecule has 4 rings (SSSR count). The van der Waals surface area contributed by atoms with Crippen molar-refractivity contribution >= 4 is 28.9 Å². The summed E-state index contributed by atoms with van der Waals surface area (Å²) >= 11 is 0. The fourth-order valence-corrected chi connectivity index (χ4v) is 3.46. The summed E-state index contributed by atoms with van der Waals surface area (Å²) in [5.74, 6) is -1.15. The summed E-state index contributed by atoms with van der Waals surface area (Å²) in [4.78, 5) is 25.9. The van der Waals surface area contributed by atoms with E-state index < -0.39 is 17.6 Å². The molecule has 152 valence electrons. The maximum atomic E-state index is 14.1. The minimum atomic E-state index is -0.585. The van der Waals surface area contributed by atoms with Crippen molar-refractivity contribution < 1.29 is 28.7 Å². The molecule has 0 saturated heterocycles. The number of carbonyl (C=O) groups is 2. The number of hydrogen-bond donors (Lipinski definition) is 2. The zero-order valence-electron chi connectivity index (χ0n) is 15.5. The van der Waals surface area contributed by atoms with Gasteiger partial charge in [0.05, 0.1) is 24.9 Å². The maximum absolute atomic E-state index is 14.1. The van der Waals surface area contributed by atoms with Crippen LogP contribution in [0, 0.1) is 17.1 Å². The van der Waals surface area contributed by atoms with Crippen LogP contribution in [0.25, 0.3) is 0 Å². The third-order valence-electron chi connectivity index (χ3n) is 4.69. The van der Waals surface area contributed by atoms with E-state index >= 15 is 0 Å². The number of nitrogens with one attached hydrogen (secondary N) is 1. The third kappa shape index (κ3) is 3.42. The predicted molar refractivity (Wildman–Crippen MR) is 101 cm³/mol. The van der Waals surface area contributed by atoms with Crippen molar-refractivity contribution in [1.29, 1.82) is 5.26 Å². The van der Waals surface area contributed by atoms with E-state index in [4.69, 9.17) is 14.7 Å². The number of rotatable bonds is 4. The van der Waals surface area contributed by atoms with Crippen LogP contribution in [0.5, 0.6) is 5.75 Å². The van der Waals surface area contributed by atoms with Crippen LogP contribution in [-0.2, 0) is 27.5 Å². The van der Waals surface area contributed by atoms with Crippen LogP contribution < -0.4 is 15.0 Å². The molecule has 0 aliphatic carbocycles. The summed E-state index contributed by atoms with van der Waals surface area (Å²) in [5, 5.41) is 23.6. The number of ether oxygens (including phenoxy) is 2. The zero-order chi connectivity index (χ0) is 21.3. The van der Waals surface area contributed by atoms with Crippen molar-refractivity contribution in [3.05, 3.63) is 52.8 Å². The summed E-state index contributed by atoms with van der Waals surface area (Å²) in [6.07, 6.45) is -0.322. The normalized spacial score (nSPS) is 15.9. The summed E-state index contributed by atoms with van der Waals surface area (Å²) < 4.78 is 24.8. The Labute approximate surface area is 169 Å². The average molecular weight is 410 g/mol. The number of amides is 2. The van der Waals surface area contributed by atoms with Gasteiger partial charge < -0.3 is 24.9 Å². The second-order valence-electron chi connectivity index (χ2n) is 6.62. The minimum Gasteiger partial charge on any atom is -0.467 e. The third-order valence-corrected chi connectivity index (χ3v) is 4.69. The molecule has 0 atom stereocenters. The van der Waals surface area contributed by atoms with Gasteiger partial charge in [-0.1, -0.05) is 5.16 Å².